The Morgan fingerprint density at radius 2 is 2.29 bits per heavy atom. The summed E-state index contributed by atoms with van der Waals surface area (Å²) in [6.45, 7) is 2.91. The van der Waals surface area contributed by atoms with E-state index in [4.69, 9.17) is 11.6 Å². The lowest BCUT2D eigenvalue weighted by molar-refractivity contribution is 0.649. The molecule has 0 aliphatic carbocycles. The van der Waals surface area contributed by atoms with Crippen molar-refractivity contribution in [2.75, 3.05) is 7.05 Å². The predicted octanol–water partition coefficient (Wildman–Crippen LogP) is 2.87. The van der Waals surface area contributed by atoms with Gasteiger partial charge in [0.15, 0.2) is 0 Å². The van der Waals surface area contributed by atoms with Gasteiger partial charge in [-0.1, -0.05) is 11.6 Å². The lowest BCUT2D eigenvalue weighted by Gasteiger charge is -2.08. The summed E-state index contributed by atoms with van der Waals surface area (Å²) in [7, 11) is 1.96. The second kappa shape index (κ2) is 5.34. The molecule has 0 amide bonds. The van der Waals surface area contributed by atoms with Crippen molar-refractivity contribution in [3.05, 3.63) is 53.1 Å². The maximum atomic E-state index is 6.08. The van der Waals surface area contributed by atoms with Gasteiger partial charge in [0.2, 0.25) is 0 Å². The molecule has 2 aromatic rings. The molecule has 2 heterocycles. The van der Waals surface area contributed by atoms with Gasteiger partial charge in [-0.05, 0) is 37.2 Å². The molecule has 2 rings (SSSR count). The van der Waals surface area contributed by atoms with Gasteiger partial charge in [-0.2, -0.15) is 0 Å². The van der Waals surface area contributed by atoms with E-state index in [2.05, 4.69) is 40.3 Å². The maximum Gasteiger partial charge on any atom is 0.0639 e. The van der Waals surface area contributed by atoms with Gasteiger partial charge in [0.05, 0.1) is 5.02 Å². The van der Waals surface area contributed by atoms with Crippen LogP contribution in [0.5, 0.6) is 0 Å². The fourth-order valence-electron chi connectivity index (χ4n) is 1.71. The summed E-state index contributed by atoms with van der Waals surface area (Å²) in [5.74, 6) is 0. The molecule has 3 nitrogen and oxygen atoms in total. The molecular weight excluding hydrogens is 234 g/mol. The van der Waals surface area contributed by atoms with Crippen LogP contribution in [0, 0.1) is 0 Å². The van der Waals surface area contributed by atoms with Gasteiger partial charge in [0.1, 0.15) is 0 Å². The summed E-state index contributed by atoms with van der Waals surface area (Å²) in [6.07, 6.45) is 7.65. The minimum absolute atomic E-state index is 0.365. The zero-order valence-electron chi connectivity index (χ0n) is 10.0. The predicted molar refractivity (Wildman–Crippen MR) is 70.3 cm³/mol. The molecule has 0 spiro atoms. The van der Waals surface area contributed by atoms with Crippen LogP contribution < -0.4 is 5.32 Å². The third-order valence-electron chi connectivity index (χ3n) is 2.92. The van der Waals surface area contributed by atoms with E-state index in [9.17, 15) is 0 Å². The largest absolute Gasteiger partial charge is 0.350 e. The van der Waals surface area contributed by atoms with Crippen molar-refractivity contribution in [3.8, 4) is 0 Å². The molecule has 0 aromatic carbocycles. The van der Waals surface area contributed by atoms with Crippen LogP contribution in [0.15, 0.2) is 36.9 Å². The standard InChI is InChI=1S/C13H16ClN3/c1-10(15-2)11-4-6-17(8-11)9-12-3-5-16-7-13(12)14/h3-8,10,15H,9H2,1-2H3. The van der Waals surface area contributed by atoms with Crippen LogP contribution in [0.1, 0.15) is 24.1 Å². The molecule has 4 heteroatoms. The Morgan fingerprint density at radius 1 is 1.47 bits per heavy atom. The molecule has 0 radical (unpaired) electrons. The van der Waals surface area contributed by atoms with Gasteiger partial charge in [-0.25, -0.2) is 0 Å². The van der Waals surface area contributed by atoms with Crippen molar-refractivity contribution in [1.29, 1.82) is 0 Å². The molecule has 0 aliphatic heterocycles. The number of nitrogens with zero attached hydrogens (tertiary/aromatic N) is 2. The lowest BCUT2D eigenvalue weighted by atomic mass is 10.2. The van der Waals surface area contributed by atoms with Crippen LogP contribution in [-0.2, 0) is 6.54 Å². The average molecular weight is 250 g/mol. The number of hydrogen-bond donors (Lipinski definition) is 1. The normalized spacial score (nSPS) is 12.6. The Morgan fingerprint density at radius 3 is 3.00 bits per heavy atom. The fourth-order valence-corrected chi connectivity index (χ4v) is 1.89. The van der Waals surface area contributed by atoms with Crippen molar-refractivity contribution in [3.63, 3.8) is 0 Å². The maximum absolute atomic E-state index is 6.08. The molecular formula is C13H16ClN3. The van der Waals surface area contributed by atoms with E-state index >= 15 is 0 Å². The highest BCUT2D eigenvalue weighted by Gasteiger charge is 2.05. The first kappa shape index (κ1) is 12.1. The number of hydrogen-bond acceptors (Lipinski definition) is 2. The quantitative estimate of drug-likeness (QED) is 0.903. The van der Waals surface area contributed by atoms with Crippen molar-refractivity contribution in [2.45, 2.75) is 19.5 Å². The third-order valence-corrected chi connectivity index (χ3v) is 3.26. The Kier molecular flexibility index (Phi) is 3.82. The number of pyridine rings is 1. The number of nitrogens with one attached hydrogen (secondary N) is 1. The molecule has 1 atom stereocenters. The summed E-state index contributed by atoms with van der Waals surface area (Å²) in [4.78, 5) is 3.98. The van der Waals surface area contributed by atoms with Crippen LogP contribution in [-0.4, -0.2) is 16.6 Å². The average Bonchev–Trinajstić information content (AvgIpc) is 2.80. The molecule has 0 fully saturated rings. The van der Waals surface area contributed by atoms with Gasteiger partial charge in [-0.15, -0.1) is 0 Å². The molecule has 17 heavy (non-hydrogen) atoms. The Bertz CT molecular complexity index is 493. The fraction of sp³-hybridized carbons (Fsp3) is 0.308. The highest BCUT2D eigenvalue weighted by atomic mass is 35.5. The van der Waals surface area contributed by atoms with Crippen molar-refractivity contribution in [2.24, 2.45) is 0 Å². The molecule has 1 unspecified atom stereocenters. The third kappa shape index (κ3) is 2.87. The van der Waals surface area contributed by atoms with E-state index in [1.807, 2.05) is 13.1 Å². The monoisotopic (exact) mass is 249 g/mol. The molecule has 0 saturated heterocycles. The Labute approximate surface area is 106 Å². The second-order valence-corrected chi connectivity index (χ2v) is 4.50. The molecule has 2 aromatic heterocycles. The number of aromatic nitrogens is 2. The molecule has 0 bridgehead atoms. The highest BCUT2D eigenvalue weighted by Crippen LogP contribution is 2.17. The number of rotatable bonds is 4. The van der Waals surface area contributed by atoms with E-state index in [-0.39, 0.29) is 0 Å². The summed E-state index contributed by atoms with van der Waals surface area (Å²) < 4.78 is 2.13. The minimum atomic E-state index is 0.365. The van der Waals surface area contributed by atoms with Crippen LogP contribution in [0.3, 0.4) is 0 Å². The lowest BCUT2D eigenvalue weighted by Crippen LogP contribution is -2.11. The smallest absolute Gasteiger partial charge is 0.0639 e. The van der Waals surface area contributed by atoms with Crippen molar-refractivity contribution in [1.82, 2.24) is 14.9 Å². The van der Waals surface area contributed by atoms with Gasteiger partial charge in [0, 0.05) is 37.4 Å². The first-order valence-corrected chi connectivity index (χ1v) is 6.00. The molecule has 1 N–H and O–H groups in total. The van der Waals surface area contributed by atoms with E-state index in [1.165, 1.54) is 5.56 Å². The molecule has 0 saturated carbocycles. The van der Waals surface area contributed by atoms with Crippen LogP contribution in [0.25, 0.3) is 0 Å². The van der Waals surface area contributed by atoms with E-state index in [0.29, 0.717) is 11.1 Å². The van der Waals surface area contributed by atoms with Gasteiger partial charge in [0.25, 0.3) is 0 Å². The van der Waals surface area contributed by atoms with E-state index in [0.717, 1.165) is 12.1 Å². The van der Waals surface area contributed by atoms with Crippen LogP contribution in [0.4, 0.5) is 0 Å². The molecule has 0 aliphatic rings. The molecule has 90 valence electrons. The topological polar surface area (TPSA) is 29.9 Å². The first-order chi connectivity index (χ1) is 8.20. The SMILES string of the molecule is CNC(C)c1ccn(Cc2ccncc2Cl)c1. The Balaban J connectivity index is 2.14. The highest BCUT2D eigenvalue weighted by molar-refractivity contribution is 6.31. The van der Waals surface area contributed by atoms with Crippen LogP contribution in [0.2, 0.25) is 5.02 Å². The summed E-state index contributed by atoms with van der Waals surface area (Å²) in [6, 6.07) is 4.43. The van der Waals surface area contributed by atoms with E-state index in [1.54, 1.807) is 12.4 Å². The summed E-state index contributed by atoms with van der Waals surface area (Å²) in [5, 5.41) is 3.93. The van der Waals surface area contributed by atoms with Gasteiger partial charge >= 0.3 is 0 Å². The summed E-state index contributed by atoms with van der Waals surface area (Å²) in [5.41, 5.74) is 2.36. The van der Waals surface area contributed by atoms with Crippen LogP contribution >= 0.6 is 11.6 Å². The zero-order valence-corrected chi connectivity index (χ0v) is 10.8. The summed E-state index contributed by atoms with van der Waals surface area (Å²) >= 11 is 6.08. The second-order valence-electron chi connectivity index (χ2n) is 4.09. The van der Waals surface area contributed by atoms with Gasteiger partial charge in [-0.3, -0.25) is 4.98 Å². The van der Waals surface area contributed by atoms with Gasteiger partial charge < -0.3 is 9.88 Å². The first-order valence-electron chi connectivity index (χ1n) is 5.62. The zero-order chi connectivity index (χ0) is 12.3. The minimum Gasteiger partial charge on any atom is -0.350 e. The Hall–Kier alpha value is -1.32. The number of halogens is 1. The van der Waals surface area contributed by atoms with Crippen molar-refractivity contribution >= 4 is 11.6 Å². The van der Waals surface area contributed by atoms with E-state index < -0.39 is 0 Å². The van der Waals surface area contributed by atoms with Crippen molar-refractivity contribution < 1.29 is 0 Å².